The number of methoxy groups -OCH3 is 3. The molecule has 0 atom stereocenters. The van der Waals surface area contributed by atoms with Gasteiger partial charge in [0.1, 0.15) is 17.2 Å². The standard InChI is InChI=1S/C17H15ClN2O3.ClH/c1-21-12-4-10(5-13(7-12)22-2)14-6-11-9-19-17(18)20-15(11)8-16(14)23-3;/h4-9H,1-3H3;1H. The fourth-order valence-corrected chi connectivity index (χ4v) is 2.53. The summed E-state index contributed by atoms with van der Waals surface area (Å²) in [6.45, 7) is 0. The zero-order chi connectivity index (χ0) is 16.4. The molecule has 0 N–H and O–H groups in total. The van der Waals surface area contributed by atoms with Gasteiger partial charge in [-0.15, -0.1) is 12.4 Å². The quantitative estimate of drug-likeness (QED) is 0.640. The van der Waals surface area contributed by atoms with Crippen molar-refractivity contribution in [2.45, 2.75) is 0 Å². The first-order chi connectivity index (χ1) is 11.1. The molecule has 7 heteroatoms. The van der Waals surface area contributed by atoms with E-state index in [2.05, 4.69) is 9.97 Å². The molecule has 0 radical (unpaired) electrons. The van der Waals surface area contributed by atoms with Crippen LogP contribution in [0.25, 0.3) is 22.0 Å². The van der Waals surface area contributed by atoms with Crippen molar-refractivity contribution in [3.05, 3.63) is 41.8 Å². The Kier molecular flexibility index (Phi) is 5.70. The summed E-state index contributed by atoms with van der Waals surface area (Å²) in [7, 11) is 4.85. The van der Waals surface area contributed by atoms with E-state index in [4.69, 9.17) is 25.8 Å². The number of nitrogens with zero attached hydrogens (tertiary/aromatic N) is 2. The topological polar surface area (TPSA) is 53.5 Å². The molecule has 24 heavy (non-hydrogen) atoms. The van der Waals surface area contributed by atoms with Gasteiger partial charge in [0.25, 0.3) is 0 Å². The van der Waals surface area contributed by atoms with Crippen molar-refractivity contribution >= 4 is 34.9 Å². The van der Waals surface area contributed by atoms with Crippen LogP contribution >= 0.6 is 24.0 Å². The van der Waals surface area contributed by atoms with Gasteiger partial charge in [0, 0.05) is 29.3 Å². The molecule has 0 fully saturated rings. The SMILES string of the molecule is COc1cc(OC)cc(-c2cc3cnc(Cl)nc3cc2OC)c1.Cl. The van der Waals surface area contributed by atoms with Crippen LogP contribution in [0.4, 0.5) is 0 Å². The summed E-state index contributed by atoms with van der Waals surface area (Å²) in [6.07, 6.45) is 1.69. The van der Waals surface area contributed by atoms with Crippen molar-refractivity contribution in [1.82, 2.24) is 9.97 Å². The zero-order valence-electron chi connectivity index (χ0n) is 13.4. The van der Waals surface area contributed by atoms with Crippen LogP contribution in [0.5, 0.6) is 17.2 Å². The van der Waals surface area contributed by atoms with Crippen LogP contribution in [0.1, 0.15) is 0 Å². The summed E-state index contributed by atoms with van der Waals surface area (Å²) in [6, 6.07) is 9.45. The van der Waals surface area contributed by atoms with E-state index < -0.39 is 0 Å². The maximum absolute atomic E-state index is 5.85. The smallest absolute Gasteiger partial charge is 0.222 e. The summed E-state index contributed by atoms with van der Waals surface area (Å²) < 4.78 is 16.2. The van der Waals surface area contributed by atoms with Crippen LogP contribution in [0.15, 0.2) is 36.5 Å². The minimum absolute atomic E-state index is 0. The molecule has 2 aromatic carbocycles. The zero-order valence-corrected chi connectivity index (χ0v) is 14.9. The van der Waals surface area contributed by atoms with E-state index in [9.17, 15) is 0 Å². The number of hydrogen-bond acceptors (Lipinski definition) is 5. The number of halogens is 2. The second-order valence-electron chi connectivity index (χ2n) is 4.85. The van der Waals surface area contributed by atoms with Crippen molar-refractivity contribution in [3.63, 3.8) is 0 Å². The van der Waals surface area contributed by atoms with Crippen LogP contribution < -0.4 is 14.2 Å². The predicted octanol–water partition coefficient (Wildman–Crippen LogP) is 4.40. The molecule has 0 aliphatic rings. The van der Waals surface area contributed by atoms with Gasteiger partial charge < -0.3 is 14.2 Å². The Morgan fingerprint density at radius 3 is 2.12 bits per heavy atom. The van der Waals surface area contributed by atoms with E-state index in [1.54, 1.807) is 27.5 Å². The molecule has 126 valence electrons. The largest absolute Gasteiger partial charge is 0.497 e. The van der Waals surface area contributed by atoms with Gasteiger partial charge in [0.15, 0.2) is 0 Å². The molecular formula is C17H16Cl2N2O3. The number of fused-ring (bicyclic) bond motifs is 1. The number of aromatic nitrogens is 2. The summed E-state index contributed by atoms with van der Waals surface area (Å²) >= 11 is 5.85. The van der Waals surface area contributed by atoms with Crippen LogP contribution in [-0.2, 0) is 0 Å². The molecule has 1 aromatic heterocycles. The van der Waals surface area contributed by atoms with Gasteiger partial charge >= 0.3 is 0 Å². The molecule has 0 spiro atoms. The first-order valence-corrected chi connectivity index (χ1v) is 7.26. The highest BCUT2D eigenvalue weighted by molar-refractivity contribution is 6.28. The molecule has 0 amide bonds. The average Bonchev–Trinajstić information content (AvgIpc) is 2.59. The van der Waals surface area contributed by atoms with Crippen LogP contribution in [0.3, 0.4) is 0 Å². The van der Waals surface area contributed by atoms with Crippen molar-refractivity contribution in [1.29, 1.82) is 0 Å². The lowest BCUT2D eigenvalue weighted by Gasteiger charge is -2.13. The van der Waals surface area contributed by atoms with Gasteiger partial charge in [0.2, 0.25) is 5.28 Å². The van der Waals surface area contributed by atoms with E-state index in [-0.39, 0.29) is 17.7 Å². The summed E-state index contributed by atoms with van der Waals surface area (Å²) in [5.74, 6) is 2.09. The van der Waals surface area contributed by atoms with Crippen LogP contribution in [-0.4, -0.2) is 31.3 Å². The van der Waals surface area contributed by atoms with Crippen molar-refractivity contribution in [2.75, 3.05) is 21.3 Å². The fraction of sp³-hybridized carbons (Fsp3) is 0.176. The van der Waals surface area contributed by atoms with Gasteiger partial charge in [-0.05, 0) is 35.4 Å². The molecule has 0 aliphatic heterocycles. The molecule has 0 saturated heterocycles. The molecule has 1 heterocycles. The van der Waals surface area contributed by atoms with E-state index in [1.807, 2.05) is 30.3 Å². The highest BCUT2D eigenvalue weighted by Crippen LogP contribution is 2.37. The Morgan fingerprint density at radius 1 is 0.875 bits per heavy atom. The van der Waals surface area contributed by atoms with Gasteiger partial charge in [0.05, 0.1) is 26.8 Å². The van der Waals surface area contributed by atoms with Gasteiger partial charge in [-0.25, -0.2) is 9.97 Å². The Hall–Kier alpha value is -2.24. The molecule has 3 rings (SSSR count). The normalized spacial score (nSPS) is 10.2. The van der Waals surface area contributed by atoms with E-state index in [0.717, 1.165) is 22.0 Å². The van der Waals surface area contributed by atoms with E-state index >= 15 is 0 Å². The molecule has 0 aliphatic carbocycles. The summed E-state index contributed by atoms with van der Waals surface area (Å²) in [4.78, 5) is 8.24. The number of hydrogen-bond donors (Lipinski definition) is 0. The number of rotatable bonds is 4. The third kappa shape index (κ3) is 3.47. The Balaban J connectivity index is 0.00000208. The third-order valence-electron chi connectivity index (χ3n) is 3.53. The van der Waals surface area contributed by atoms with Crippen molar-refractivity contribution < 1.29 is 14.2 Å². The first kappa shape index (κ1) is 18.1. The monoisotopic (exact) mass is 366 g/mol. The Labute approximate surface area is 151 Å². The minimum Gasteiger partial charge on any atom is -0.497 e. The maximum Gasteiger partial charge on any atom is 0.222 e. The van der Waals surface area contributed by atoms with Crippen molar-refractivity contribution in [3.8, 4) is 28.4 Å². The second kappa shape index (κ2) is 7.55. The van der Waals surface area contributed by atoms with Crippen LogP contribution in [0.2, 0.25) is 5.28 Å². The van der Waals surface area contributed by atoms with Gasteiger partial charge in [-0.3, -0.25) is 0 Å². The third-order valence-corrected chi connectivity index (χ3v) is 3.72. The molecular weight excluding hydrogens is 351 g/mol. The molecule has 0 bridgehead atoms. The minimum atomic E-state index is 0. The molecule has 0 saturated carbocycles. The maximum atomic E-state index is 5.85. The van der Waals surface area contributed by atoms with Crippen molar-refractivity contribution in [2.24, 2.45) is 0 Å². The molecule has 0 unspecified atom stereocenters. The van der Waals surface area contributed by atoms with Gasteiger partial charge in [-0.1, -0.05) is 0 Å². The summed E-state index contributed by atoms with van der Waals surface area (Å²) in [5, 5.41) is 1.07. The second-order valence-corrected chi connectivity index (χ2v) is 5.19. The van der Waals surface area contributed by atoms with E-state index in [0.29, 0.717) is 17.2 Å². The first-order valence-electron chi connectivity index (χ1n) is 6.88. The number of benzene rings is 2. The Morgan fingerprint density at radius 2 is 1.54 bits per heavy atom. The van der Waals surface area contributed by atoms with E-state index in [1.165, 1.54) is 0 Å². The van der Waals surface area contributed by atoms with Crippen LogP contribution in [0, 0.1) is 0 Å². The molecule has 5 nitrogen and oxygen atoms in total. The molecule has 3 aromatic rings. The van der Waals surface area contributed by atoms with Gasteiger partial charge in [-0.2, -0.15) is 0 Å². The fourth-order valence-electron chi connectivity index (χ4n) is 2.39. The lowest BCUT2D eigenvalue weighted by Crippen LogP contribution is -1.93. The summed E-state index contributed by atoms with van der Waals surface area (Å²) in [5.41, 5.74) is 2.53. The number of ether oxygens (including phenoxy) is 3. The highest BCUT2D eigenvalue weighted by Gasteiger charge is 2.12. The lowest BCUT2D eigenvalue weighted by molar-refractivity contribution is 0.394. The lowest BCUT2D eigenvalue weighted by atomic mass is 10.0. The highest BCUT2D eigenvalue weighted by atomic mass is 35.5. The average molecular weight is 367 g/mol. The Bertz CT molecular complexity index is 850. The predicted molar refractivity (Wildman–Crippen MR) is 96.9 cm³/mol.